The highest BCUT2D eigenvalue weighted by Crippen LogP contribution is 2.21. The van der Waals surface area contributed by atoms with E-state index in [1.165, 1.54) is 51.9 Å². The quantitative estimate of drug-likeness (QED) is 0.652. The second kappa shape index (κ2) is 8.08. The summed E-state index contributed by atoms with van der Waals surface area (Å²) in [7, 11) is 0. The fourth-order valence-electron chi connectivity index (χ4n) is 2.42. The predicted octanol–water partition coefficient (Wildman–Crippen LogP) is 2.65. The molecule has 2 nitrogen and oxygen atoms in total. The molecule has 96 valence electrons. The third kappa shape index (κ3) is 5.31. The Morgan fingerprint density at radius 3 is 2.81 bits per heavy atom. The van der Waals surface area contributed by atoms with E-state index in [9.17, 15) is 0 Å². The van der Waals surface area contributed by atoms with Crippen molar-refractivity contribution in [3.63, 3.8) is 0 Å². The summed E-state index contributed by atoms with van der Waals surface area (Å²) >= 11 is 0. The van der Waals surface area contributed by atoms with Gasteiger partial charge >= 0.3 is 0 Å². The third-order valence-electron chi connectivity index (χ3n) is 4.11. The van der Waals surface area contributed by atoms with E-state index in [1.807, 2.05) is 0 Å². The molecular weight excluding hydrogens is 196 g/mol. The average Bonchev–Trinajstić information content (AvgIpc) is 2.35. The number of hydrogen-bond acceptors (Lipinski definition) is 2. The van der Waals surface area contributed by atoms with Crippen molar-refractivity contribution < 1.29 is 0 Å². The molecule has 1 fully saturated rings. The van der Waals surface area contributed by atoms with Gasteiger partial charge in [0.15, 0.2) is 0 Å². The lowest BCUT2D eigenvalue weighted by atomic mass is 9.85. The van der Waals surface area contributed by atoms with Gasteiger partial charge < -0.3 is 10.6 Å². The van der Waals surface area contributed by atoms with Gasteiger partial charge in [0.05, 0.1) is 0 Å². The van der Waals surface area contributed by atoms with Crippen molar-refractivity contribution in [3.05, 3.63) is 0 Å². The second-order valence-electron chi connectivity index (χ2n) is 5.59. The standard InChI is InChI=1S/C14H30N2/c1-4-12(2)10-16-9-7-13(3)14-6-5-8-15-11-14/h12-16H,4-11H2,1-3H3. The van der Waals surface area contributed by atoms with E-state index < -0.39 is 0 Å². The molecule has 3 atom stereocenters. The predicted molar refractivity (Wildman–Crippen MR) is 71.7 cm³/mol. The Labute approximate surface area is 102 Å². The first-order chi connectivity index (χ1) is 7.74. The highest BCUT2D eigenvalue weighted by Gasteiger charge is 2.19. The minimum absolute atomic E-state index is 0.826. The van der Waals surface area contributed by atoms with Crippen molar-refractivity contribution in [2.45, 2.75) is 46.5 Å². The van der Waals surface area contributed by atoms with Crippen LogP contribution in [0.1, 0.15) is 46.5 Å². The van der Waals surface area contributed by atoms with E-state index in [0.29, 0.717) is 0 Å². The molecule has 3 unspecified atom stereocenters. The number of nitrogens with one attached hydrogen (secondary N) is 2. The molecular formula is C14H30N2. The van der Waals surface area contributed by atoms with Crippen LogP contribution in [0.4, 0.5) is 0 Å². The van der Waals surface area contributed by atoms with Crippen LogP contribution in [-0.4, -0.2) is 26.2 Å². The monoisotopic (exact) mass is 226 g/mol. The summed E-state index contributed by atoms with van der Waals surface area (Å²) in [6, 6.07) is 0. The van der Waals surface area contributed by atoms with Gasteiger partial charge in [0.25, 0.3) is 0 Å². The summed E-state index contributed by atoms with van der Waals surface area (Å²) < 4.78 is 0. The number of rotatable bonds is 7. The van der Waals surface area contributed by atoms with Crippen LogP contribution in [0.2, 0.25) is 0 Å². The van der Waals surface area contributed by atoms with Gasteiger partial charge in [-0.3, -0.25) is 0 Å². The molecule has 1 rings (SSSR count). The van der Waals surface area contributed by atoms with Gasteiger partial charge in [0, 0.05) is 0 Å². The van der Waals surface area contributed by atoms with Crippen molar-refractivity contribution in [1.29, 1.82) is 0 Å². The topological polar surface area (TPSA) is 24.1 Å². The maximum atomic E-state index is 3.59. The molecule has 1 aliphatic heterocycles. The maximum Gasteiger partial charge on any atom is -0.00180 e. The first-order valence-electron chi connectivity index (χ1n) is 7.15. The molecule has 2 heteroatoms. The van der Waals surface area contributed by atoms with E-state index in [2.05, 4.69) is 31.4 Å². The molecule has 0 amide bonds. The average molecular weight is 226 g/mol. The molecule has 0 aromatic heterocycles. The molecule has 1 heterocycles. The summed E-state index contributed by atoms with van der Waals surface area (Å²) in [5, 5.41) is 7.10. The molecule has 1 aliphatic rings. The van der Waals surface area contributed by atoms with E-state index in [1.54, 1.807) is 0 Å². The molecule has 0 aromatic rings. The Bertz CT molecular complexity index is 164. The van der Waals surface area contributed by atoms with Crippen molar-refractivity contribution >= 4 is 0 Å². The van der Waals surface area contributed by atoms with Crippen LogP contribution in [0.25, 0.3) is 0 Å². The summed E-state index contributed by atoms with van der Waals surface area (Å²) in [6.45, 7) is 11.9. The lowest BCUT2D eigenvalue weighted by molar-refractivity contribution is 0.265. The van der Waals surface area contributed by atoms with Gasteiger partial charge in [-0.2, -0.15) is 0 Å². The number of piperidine rings is 1. The number of hydrogen-bond donors (Lipinski definition) is 2. The zero-order valence-electron chi connectivity index (χ0n) is 11.4. The Morgan fingerprint density at radius 2 is 2.19 bits per heavy atom. The first kappa shape index (κ1) is 14.0. The van der Waals surface area contributed by atoms with Crippen molar-refractivity contribution in [2.75, 3.05) is 26.2 Å². The van der Waals surface area contributed by atoms with Crippen LogP contribution in [0.3, 0.4) is 0 Å². The lowest BCUT2D eigenvalue weighted by Crippen LogP contribution is -2.34. The normalized spacial score (nSPS) is 25.3. The van der Waals surface area contributed by atoms with Crippen LogP contribution in [-0.2, 0) is 0 Å². The van der Waals surface area contributed by atoms with Crippen molar-refractivity contribution in [2.24, 2.45) is 17.8 Å². The Kier molecular flexibility index (Phi) is 7.06. The highest BCUT2D eigenvalue weighted by atomic mass is 14.9. The summed E-state index contributed by atoms with van der Waals surface area (Å²) in [6.07, 6.45) is 5.42. The molecule has 0 spiro atoms. The first-order valence-corrected chi connectivity index (χ1v) is 7.15. The molecule has 0 radical (unpaired) electrons. The fraction of sp³-hybridized carbons (Fsp3) is 1.00. The minimum atomic E-state index is 0.826. The van der Waals surface area contributed by atoms with Gasteiger partial charge in [-0.05, 0) is 63.2 Å². The fourth-order valence-corrected chi connectivity index (χ4v) is 2.42. The molecule has 0 saturated carbocycles. The summed E-state index contributed by atoms with van der Waals surface area (Å²) in [4.78, 5) is 0. The Hall–Kier alpha value is -0.0800. The molecule has 1 saturated heterocycles. The van der Waals surface area contributed by atoms with E-state index >= 15 is 0 Å². The van der Waals surface area contributed by atoms with Gasteiger partial charge in [-0.25, -0.2) is 0 Å². The smallest absolute Gasteiger partial charge is 0.00180 e. The van der Waals surface area contributed by atoms with Gasteiger partial charge in [-0.15, -0.1) is 0 Å². The van der Waals surface area contributed by atoms with Crippen molar-refractivity contribution in [1.82, 2.24) is 10.6 Å². The molecule has 0 bridgehead atoms. The van der Waals surface area contributed by atoms with Gasteiger partial charge in [0.1, 0.15) is 0 Å². The van der Waals surface area contributed by atoms with Crippen LogP contribution >= 0.6 is 0 Å². The van der Waals surface area contributed by atoms with Gasteiger partial charge in [0.2, 0.25) is 0 Å². The zero-order valence-corrected chi connectivity index (χ0v) is 11.4. The van der Waals surface area contributed by atoms with E-state index in [-0.39, 0.29) is 0 Å². The van der Waals surface area contributed by atoms with Crippen LogP contribution < -0.4 is 10.6 Å². The van der Waals surface area contributed by atoms with Crippen LogP contribution in [0.15, 0.2) is 0 Å². The molecule has 2 N–H and O–H groups in total. The maximum absolute atomic E-state index is 3.59. The third-order valence-corrected chi connectivity index (χ3v) is 4.11. The van der Waals surface area contributed by atoms with E-state index in [4.69, 9.17) is 0 Å². The summed E-state index contributed by atoms with van der Waals surface area (Å²) in [5.74, 6) is 2.61. The highest BCUT2D eigenvalue weighted by molar-refractivity contribution is 4.74. The molecule has 0 aliphatic carbocycles. The zero-order chi connectivity index (χ0) is 11.8. The Morgan fingerprint density at radius 1 is 1.38 bits per heavy atom. The van der Waals surface area contributed by atoms with Gasteiger partial charge in [-0.1, -0.05) is 27.2 Å². The lowest BCUT2D eigenvalue weighted by Gasteiger charge is -2.28. The molecule has 0 aromatic carbocycles. The Balaban J connectivity index is 2.03. The minimum Gasteiger partial charge on any atom is -0.316 e. The SMILES string of the molecule is CCC(C)CNCCC(C)C1CCCNC1. The molecule has 16 heavy (non-hydrogen) atoms. The van der Waals surface area contributed by atoms with Crippen molar-refractivity contribution in [3.8, 4) is 0 Å². The van der Waals surface area contributed by atoms with Crippen LogP contribution in [0.5, 0.6) is 0 Å². The second-order valence-corrected chi connectivity index (χ2v) is 5.59. The van der Waals surface area contributed by atoms with Crippen LogP contribution in [0, 0.1) is 17.8 Å². The summed E-state index contributed by atoms with van der Waals surface area (Å²) in [5.41, 5.74) is 0. The van der Waals surface area contributed by atoms with E-state index in [0.717, 1.165) is 17.8 Å². The largest absolute Gasteiger partial charge is 0.316 e.